The van der Waals surface area contributed by atoms with Gasteiger partial charge in [0.25, 0.3) is 0 Å². The molecule has 0 unspecified atom stereocenters. The Balaban J connectivity index is 2.27. The summed E-state index contributed by atoms with van der Waals surface area (Å²) in [5, 5.41) is 9.18. The number of rotatable bonds is 5. The van der Waals surface area contributed by atoms with Crippen LogP contribution in [-0.4, -0.2) is 13.4 Å². The highest BCUT2D eigenvalue weighted by molar-refractivity contribution is 8.27. The number of nitrogens with zero attached hydrogens (tertiary/aromatic N) is 2. The molecule has 0 amide bonds. The van der Waals surface area contributed by atoms with Crippen LogP contribution in [0, 0.1) is 18.3 Å². The van der Waals surface area contributed by atoms with Gasteiger partial charge in [-0.1, -0.05) is 17.7 Å². The van der Waals surface area contributed by atoms with Crippen LogP contribution in [0.3, 0.4) is 0 Å². The number of aryl methyl sites for hydroxylation is 1. The Morgan fingerprint density at radius 1 is 1.26 bits per heavy atom. The number of aromatic nitrogens is 1. The summed E-state index contributed by atoms with van der Waals surface area (Å²) in [6.45, 7) is 1.86. The van der Waals surface area contributed by atoms with Gasteiger partial charge < -0.3 is 4.72 Å². The van der Waals surface area contributed by atoms with Gasteiger partial charge in [0.1, 0.15) is 6.07 Å². The zero-order chi connectivity index (χ0) is 16.9. The molecule has 0 fully saturated rings. The molecular weight excluding hydrogens is 350 g/mol. The van der Waals surface area contributed by atoms with Crippen LogP contribution in [0.25, 0.3) is 0 Å². The number of nitrogens with one attached hydrogen (secondary N) is 1. The minimum absolute atomic E-state index is 0.0749. The van der Waals surface area contributed by atoms with E-state index in [9.17, 15) is 13.7 Å². The van der Waals surface area contributed by atoms with Crippen molar-refractivity contribution in [3.63, 3.8) is 0 Å². The Hall–Kier alpha value is -2.08. The third-order valence-electron chi connectivity index (χ3n) is 2.89. The molecule has 118 valence electrons. The van der Waals surface area contributed by atoms with Gasteiger partial charge in [-0.3, -0.25) is 4.98 Å². The maximum absolute atomic E-state index is 12.5. The lowest BCUT2D eigenvalue weighted by molar-refractivity contribution is 0.603. The summed E-state index contributed by atoms with van der Waals surface area (Å²) in [5.74, 6) is 0. The normalized spacial score (nSPS) is 13.1. The fourth-order valence-corrected chi connectivity index (χ4v) is 4.02. The average molecular weight is 363 g/mol. The molecule has 2 rings (SSSR count). The first-order valence-electron chi connectivity index (χ1n) is 6.45. The number of sulfone groups is 1. The second-order valence-corrected chi connectivity index (χ2v) is 8.67. The highest BCUT2D eigenvalue weighted by Crippen LogP contribution is 2.19. The Morgan fingerprint density at radius 2 is 1.87 bits per heavy atom. The van der Waals surface area contributed by atoms with Crippen molar-refractivity contribution in [2.45, 2.75) is 16.7 Å². The van der Waals surface area contributed by atoms with Gasteiger partial charge in [-0.05, 0) is 42.4 Å². The molecule has 0 radical (unpaired) electrons. The predicted molar refractivity (Wildman–Crippen MR) is 92.4 cm³/mol. The van der Waals surface area contributed by atoms with E-state index < -0.39 is 19.5 Å². The van der Waals surface area contributed by atoms with E-state index in [1.54, 1.807) is 42.7 Å². The molecule has 8 heteroatoms. The number of benzene rings is 1. The number of nitriles is 1. The second kappa shape index (κ2) is 7.46. The first-order valence-corrected chi connectivity index (χ1v) is 10.1. The molecule has 0 bridgehead atoms. The minimum Gasteiger partial charge on any atom is -0.328 e. The van der Waals surface area contributed by atoms with Gasteiger partial charge >= 0.3 is 0 Å². The molecule has 1 atom stereocenters. The van der Waals surface area contributed by atoms with Crippen molar-refractivity contribution >= 4 is 30.7 Å². The van der Waals surface area contributed by atoms with Gasteiger partial charge in [0.15, 0.2) is 4.91 Å². The summed E-state index contributed by atoms with van der Waals surface area (Å²) in [7, 11) is -4.71. The van der Waals surface area contributed by atoms with E-state index in [1.807, 2.05) is 6.92 Å². The largest absolute Gasteiger partial charge is 0.328 e. The van der Waals surface area contributed by atoms with Crippen LogP contribution >= 0.6 is 0 Å². The van der Waals surface area contributed by atoms with Crippen molar-refractivity contribution < 1.29 is 8.42 Å². The van der Waals surface area contributed by atoms with E-state index >= 15 is 0 Å². The zero-order valence-electron chi connectivity index (χ0n) is 12.1. The molecule has 0 saturated heterocycles. The Kier molecular flexibility index (Phi) is 5.60. The van der Waals surface area contributed by atoms with Crippen molar-refractivity contribution in [2.24, 2.45) is 0 Å². The van der Waals surface area contributed by atoms with Crippen molar-refractivity contribution in [3.8, 4) is 6.07 Å². The molecular formula is C15H13N3O2S3. The lowest BCUT2D eigenvalue weighted by Gasteiger charge is -2.07. The van der Waals surface area contributed by atoms with E-state index in [0.29, 0.717) is 0 Å². The Bertz CT molecular complexity index is 884. The fraction of sp³-hybridized carbons (Fsp3) is 0.0667. The van der Waals surface area contributed by atoms with Gasteiger partial charge in [-0.15, -0.1) is 0 Å². The highest BCUT2D eigenvalue weighted by atomic mass is 32.8. The number of allylic oxidation sites excluding steroid dienone is 1. The number of pyridine rings is 1. The van der Waals surface area contributed by atoms with E-state index in [1.165, 1.54) is 12.1 Å². The summed E-state index contributed by atoms with van der Waals surface area (Å²) in [6, 6.07) is 11.5. The lowest BCUT2D eigenvalue weighted by Crippen LogP contribution is -2.13. The molecule has 1 N–H and O–H groups in total. The molecule has 2 aromatic rings. The zero-order valence-corrected chi connectivity index (χ0v) is 14.6. The van der Waals surface area contributed by atoms with Gasteiger partial charge in [0.05, 0.1) is 4.90 Å². The molecule has 0 aliphatic heterocycles. The van der Waals surface area contributed by atoms with Crippen LogP contribution in [0.1, 0.15) is 5.56 Å². The van der Waals surface area contributed by atoms with Crippen LogP contribution < -0.4 is 4.72 Å². The van der Waals surface area contributed by atoms with Crippen LogP contribution in [0.4, 0.5) is 0 Å². The van der Waals surface area contributed by atoms with Crippen molar-refractivity contribution in [3.05, 3.63) is 65.5 Å². The summed E-state index contributed by atoms with van der Waals surface area (Å²) in [4.78, 5) is 4.38. The maximum Gasteiger partial charge on any atom is 0.218 e. The quantitative estimate of drug-likeness (QED) is 0.820. The van der Waals surface area contributed by atoms with Crippen molar-refractivity contribution in [2.75, 3.05) is 0 Å². The third-order valence-corrected chi connectivity index (χ3v) is 6.47. The number of hydrogen-bond acceptors (Lipinski definition) is 5. The van der Waals surface area contributed by atoms with Crippen molar-refractivity contribution in [1.82, 2.24) is 9.71 Å². The smallest absolute Gasteiger partial charge is 0.218 e. The lowest BCUT2D eigenvalue weighted by atomic mass is 10.2. The molecule has 0 spiro atoms. The second-order valence-electron chi connectivity index (χ2n) is 4.51. The van der Waals surface area contributed by atoms with Crippen LogP contribution in [0.15, 0.2) is 69.7 Å². The summed E-state index contributed by atoms with van der Waals surface area (Å²) in [5.41, 5.74) is 0.939. The molecule has 5 nitrogen and oxygen atoms in total. The summed E-state index contributed by atoms with van der Waals surface area (Å²) in [6.07, 6.45) is 4.36. The van der Waals surface area contributed by atoms with E-state index in [4.69, 9.17) is 11.2 Å². The molecule has 0 aliphatic carbocycles. The fourth-order valence-electron chi connectivity index (χ4n) is 1.65. The van der Waals surface area contributed by atoms with Gasteiger partial charge in [0.2, 0.25) is 9.84 Å². The van der Waals surface area contributed by atoms with Crippen LogP contribution in [0.5, 0.6) is 0 Å². The van der Waals surface area contributed by atoms with E-state index in [2.05, 4.69) is 9.71 Å². The molecule has 23 heavy (non-hydrogen) atoms. The predicted octanol–water partition coefficient (Wildman–Crippen LogP) is 2.17. The maximum atomic E-state index is 12.5. The summed E-state index contributed by atoms with van der Waals surface area (Å²) >= 11 is 5.27. The molecule has 1 heterocycles. The van der Waals surface area contributed by atoms with E-state index in [0.717, 1.165) is 16.7 Å². The van der Waals surface area contributed by atoms with Gasteiger partial charge in [-0.2, -0.15) is 5.26 Å². The third kappa shape index (κ3) is 4.22. The Labute approximate surface area is 142 Å². The summed E-state index contributed by atoms with van der Waals surface area (Å²) < 4.78 is 27.7. The molecule has 0 saturated carbocycles. The monoisotopic (exact) mass is 363 g/mol. The van der Waals surface area contributed by atoms with Gasteiger partial charge in [-0.25, -0.2) is 8.42 Å². The van der Waals surface area contributed by atoms with Crippen LogP contribution in [-0.2, 0) is 30.7 Å². The SMILES string of the molecule is Cc1ccc(S(=O)(=O)/C(C#N)=C\N[S@](=S)c2ccncc2)cc1. The van der Waals surface area contributed by atoms with E-state index in [-0.39, 0.29) is 9.80 Å². The van der Waals surface area contributed by atoms with Crippen molar-refractivity contribution in [1.29, 1.82) is 5.26 Å². The standard InChI is InChI=1S/C15H13N3O2S3/c1-12-2-4-14(5-3-12)23(19,20)15(10-16)11-18-22(21)13-6-8-17-9-7-13/h2-9,11,18H,1H3/b15-11-/t22-/m1/s1. The van der Waals surface area contributed by atoms with Crippen LogP contribution in [0.2, 0.25) is 0 Å². The Morgan fingerprint density at radius 3 is 2.43 bits per heavy atom. The first kappa shape index (κ1) is 17.3. The molecule has 1 aromatic carbocycles. The topological polar surface area (TPSA) is 82.8 Å². The molecule has 1 aromatic heterocycles. The highest BCUT2D eigenvalue weighted by Gasteiger charge is 2.20. The minimum atomic E-state index is -3.86. The van der Waals surface area contributed by atoms with Gasteiger partial charge in [0, 0.05) is 33.1 Å². The number of hydrogen-bond donors (Lipinski definition) is 1. The first-order chi connectivity index (χ1) is 10.9. The average Bonchev–Trinajstić information content (AvgIpc) is 2.56. The molecule has 0 aliphatic rings.